The Bertz CT molecular complexity index is 295. The first kappa shape index (κ1) is 8.55. The Morgan fingerprint density at radius 2 is 2.00 bits per heavy atom. The standard InChI is InChI=1S/C8H6O3.H2O/c9-4-6-1-2-7-8(3-6)11-5-10-7;/h1-4H,5H2;1H2. The second-order valence-corrected chi connectivity index (χ2v) is 2.23. The van der Waals surface area contributed by atoms with Gasteiger partial charge in [0.15, 0.2) is 11.5 Å². The quantitative estimate of drug-likeness (QED) is 0.570. The van der Waals surface area contributed by atoms with E-state index < -0.39 is 0 Å². The van der Waals surface area contributed by atoms with Gasteiger partial charge in [-0.15, -0.1) is 0 Å². The van der Waals surface area contributed by atoms with Crippen LogP contribution in [0.2, 0.25) is 0 Å². The molecule has 0 radical (unpaired) electrons. The zero-order valence-electron chi connectivity index (χ0n) is 6.24. The molecule has 12 heavy (non-hydrogen) atoms. The number of carbonyl (C=O) groups is 1. The molecule has 0 aromatic heterocycles. The molecule has 0 fully saturated rings. The van der Waals surface area contributed by atoms with Crippen LogP contribution in [0.4, 0.5) is 0 Å². The molecule has 2 N–H and O–H groups in total. The minimum absolute atomic E-state index is 0. The highest BCUT2D eigenvalue weighted by Gasteiger charge is 2.12. The lowest BCUT2D eigenvalue weighted by Crippen LogP contribution is -1.92. The van der Waals surface area contributed by atoms with Crippen molar-refractivity contribution in [3.63, 3.8) is 0 Å². The third-order valence-electron chi connectivity index (χ3n) is 1.53. The van der Waals surface area contributed by atoms with E-state index in [1.807, 2.05) is 0 Å². The van der Waals surface area contributed by atoms with Crippen LogP contribution in [0.5, 0.6) is 11.5 Å². The summed E-state index contributed by atoms with van der Waals surface area (Å²) in [7, 11) is 0. The highest BCUT2D eigenvalue weighted by Crippen LogP contribution is 2.31. The Labute approximate surface area is 69.0 Å². The fourth-order valence-electron chi connectivity index (χ4n) is 0.986. The number of hydrogen-bond donors (Lipinski definition) is 0. The Hall–Kier alpha value is -1.55. The summed E-state index contributed by atoms with van der Waals surface area (Å²) in [5.74, 6) is 1.35. The van der Waals surface area contributed by atoms with Crippen LogP contribution < -0.4 is 9.47 Å². The van der Waals surface area contributed by atoms with Gasteiger partial charge in [0.1, 0.15) is 6.29 Å². The second kappa shape index (κ2) is 3.23. The molecule has 4 nitrogen and oxygen atoms in total. The molecule has 0 bridgehead atoms. The summed E-state index contributed by atoms with van der Waals surface area (Å²) in [6.07, 6.45) is 0.780. The monoisotopic (exact) mass is 168 g/mol. The first-order valence-corrected chi connectivity index (χ1v) is 3.25. The van der Waals surface area contributed by atoms with Gasteiger partial charge in [-0.1, -0.05) is 0 Å². The summed E-state index contributed by atoms with van der Waals surface area (Å²) >= 11 is 0. The summed E-state index contributed by atoms with van der Waals surface area (Å²) in [6.45, 7) is 0.248. The normalized spacial score (nSPS) is 12.0. The van der Waals surface area contributed by atoms with Crippen LogP contribution in [0.1, 0.15) is 10.4 Å². The van der Waals surface area contributed by atoms with E-state index in [2.05, 4.69) is 0 Å². The highest BCUT2D eigenvalue weighted by molar-refractivity contribution is 5.76. The summed E-state index contributed by atoms with van der Waals surface area (Å²) < 4.78 is 10.1. The van der Waals surface area contributed by atoms with Crippen LogP contribution in [0.15, 0.2) is 18.2 Å². The number of benzene rings is 1. The maximum atomic E-state index is 10.3. The van der Waals surface area contributed by atoms with E-state index in [9.17, 15) is 4.79 Å². The molecular formula is C8H8O4. The minimum atomic E-state index is 0. The molecule has 0 saturated heterocycles. The number of rotatable bonds is 1. The first-order chi connectivity index (χ1) is 5.40. The largest absolute Gasteiger partial charge is 0.454 e. The molecule has 0 saturated carbocycles. The number of carbonyl (C=O) groups excluding carboxylic acids is 1. The van der Waals surface area contributed by atoms with E-state index >= 15 is 0 Å². The van der Waals surface area contributed by atoms with Gasteiger partial charge in [0.05, 0.1) is 0 Å². The van der Waals surface area contributed by atoms with Crippen molar-refractivity contribution < 1.29 is 19.7 Å². The van der Waals surface area contributed by atoms with Gasteiger partial charge >= 0.3 is 0 Å². The molecule has 0 aliphatic carbocycles. The van der Waals surface area contributed by atoms with E-state index in [4.69, 9.17) is 9.47 Å². The Morgan fingerprint density at radius 1 is 1.25 bits per heavy atom. The number of fused-ring (bicyclic) bond motifs is 1. The van der Waals surface area contributed by atoms with Crippen LogP contribution >= 0.6 is 0 Å². The summed E-state index contributed by atoms with van der Waals surface area (Å²) in [5, 5.41) is 0. The third kappa shape index (κ3) is 1.24. The van der Waals surface area contributed by atoms with Crippen molar-refractivity contribution >= 4 is 6.29 Å². The van der Waals surface area contributed by atoms with E-state index in [1.165, 1.54) is 0 Å². The fraction of sp³-hybridized carbons (Fsp3) is 0.125. The molecule has 1 heterocycles. The summed E-state index contributed by atoms with van der Waals surface area (Å²) in [6, 6.07) is 5.09. The number of ether oxygens (including phenoxy) is 2. The van der Waals surface area contributed by atoms with Gasteiger partial charge in [0.25, 0.3) is 0 Å². The predicted octanol–water partition coefficient (Wildman–Crippen LogP) is 0.403. The van der Waals surface area contributed by atoms with Gasteiger partial charge in [-0.25, -0.2) is 0 Å². The van der Waals surface area contributed by atoms with Gasteiger partial charge in [-0.2, -0.15) is 0 Å². The van der Waals surface area contributed by atoms with Crippen molar-refractivity contribution in [3.8, 4) is 11.5 Å². The molecule has 4 heteroatoms. The summed E-state index contributed by atoms with van der Waals surface area (Å²) in [4.78, 5) is 10.3. The second-order valence-electron chi connectivity index (χ2n) is 2.23. The van der Waals surface area contributed by atoms with Crippen LogP contribution in [-0.2, 0) is 0 Å². The zero-order valence-corrected chi connectivity index (χ0v) is 6.24. The third-order valence-corrected chi connectivity index (χ3v) is 1.53. The van der Waals surface area contributed by atoms with Gasteiger partial charge in [-0.3, -0.25) is 4.79 Å². The molecule has 0 atom stereocenters. The van der Waals surface area contributed by atoms with E-state index in [0.717, 1.165) is 6.29 Å². The molecule has 1 aliphatic heterocycles. The Morgan fingerprint density at radius 3 is 2.75 bits per heavy atom. The predicted molar refractivity (Wildman–Crippen MR) is 41.6 cm³/mol. The number of hydrogen-bond acceptors (Lipinski definition) is 3. The van der Waals surface area contributed by atoms with Crippen molar-refractivity contribution in [1.82, 2.24) is 0 Å². The number of aldehydes is 1. The van der Waals surface area contributed by atoms with Crippen molar-refractivity contribution in [2.24, 2.45) is 0 Å². The van der Waals surface area contributed by atoms with Gasteiger partial charge < -0.3 is 14.9 Å². The molecule has 0 spiro atoms. The average Bonchev–Trinajstić information content (AvgIpc) is 2.50. The summed E-state index contributed by atoms with van der Waals surface area (Å²) in [5.41, 5.74) is 0.606. The lowest BCUT2D eigenvalue weighted by Gasteiger charge is -1.94. The molecule has 2 rings (SSSR count). The molecular weight excluding hydrogens is 160 g/mol. The highest BCUT2D eigenvalue weighted by atomic mass is 16.7. The van der Waals surface area contributed by atoms with Crippen LogP contribution in [0.3, 0.4) is 0 Å². The molecule has 1 aromatic carbocycles. The average molecular weight is 168 g/mol. The molecule has 1 aliphatic rings. The topological polar surface area (TPSA) is 67.0 Å². The van der Waals surface area contributed by atoms with Gasteiger partial charge in [0, 0.05) is 5.56 Å². The van der Waals surface area contributed by atoms with Crippen molar-refractivity contribution in [2.45, 2.75) is 0 Å². The van der Waals surface area contributed by atoms with E-state index in [1.54, 1.807) is 18.2 Å². The zero-order chi connectivity index (χ0) is 7.68. The smallest absolute Gasteiger partial charge is 0.231 e. The SMILES string of the molecule is O.O=Cc1ccc2c(c1)OCO2. The van der Waals surface area contributed by atoms with Crippen molar-refractivity contribution in [1.29, 1.82) is 0 Å². The van der Waals surface area contributed by atoms with Gasteiger partial charge in [-0.05, 0) is 18.2 Å². The Balaban J connectivity index is 0.000000720. The van der Waals surface area contributed by atoms with Gasteiger partial charge in [0.2, 0.25) is 6.79 Å². The molecule has 0 unspecified atom stereocenters. The van der Waals surface area contributed by atoms with Crippen LogP contribution in [0.25, 0.3) is 0 Å². The lowest BCUT2D eigenvalue weighted by atomic mass is 10.2. The maximum absolute atomic E-state index is 10.3. The Kier molecular flexibility index (Phi) is 2.30. The van der Waals surface area contributed by atoms with Crippen LogP contribution in [0, 0.1) is 0 Å². The minimum Gasteiger partial charge on any atom is -0.454 e. The first-order valence-electron chi connectivity index (χ1n) is 3.25. The van der Waals surface area contributed by atoms with Crippen molar-refractivity contribution in [2.75, 3.05) is 6.79 Å². The fourth-order valence-corrected chi connectivity index (χ4v) is 0.986. The van der Waals surface area contributed by atoms with Crippen molar-refractivity contribution in [3.05, 3.63) is 23.8 Å². The van der Waals surface area contributed by atoms with E-state index in [-0.39, 0.29) is 12.3 Å². The van der Waals surface area contributed by atoms with E-state index in [0.29, 0.717) is 17.1 Å². The molecule has 64 valence electrons. The molecule has 1 aromatic rings. The molecule has 0 amide bonds. The van der Waals surface area contributed by atoms with Crippen LogP contribution in [-0.4, -0.2) is 18.6 Å². The maximum Gasteiger partial charge on any atom is 0.231 e. The lowest BCUT2D eigenvalue weighted by molar-refractivity contribution is 0.112.